The van der Waals surface area contributed by atoms with Gasteiger partial charge in [-0.15, -0.1) is 0 Å². The Labute approximate surface area is 70.6 Å². The fourth-order valence-corrected chi connectivity index (χ4v) is 0.871. The van der Waals surface area contributed by atoms with E-state index < -0.39 is 0 Å². The van der Waals surface area contributed by atoms with Gasteiger partial charge in [-0.3, -0.25) is 0 Å². The normalized spacial score (nSPS) is 13.5. The molecule has 0 saturated carbocycles. The molecule has 2 nitrogen and oxygen atoms in total. The zero-order valence-electron chi connectivity index (χ0n) is 7.93. The van der Waals surface area contributed by atoms with Gasteiger partial charge in [0.25, 0.3) is 0 Å². The number of rotatable bonds is 6. The lowest BCUT2D eigenvalue weighted by atomic mass is 9.78. The fraction of sp³-hybridized carbons (Fsp3) is 1.00. The smallest absolute Gasteiger partial charge is 0.206 e. The Morgan fingerprint density at radius 1 is 1.45 bits per heavy atom. The Morgan fingerprint density at radius 2 is 2.09 bits per heavy atom. The Balaban J connectivity index is 3.15. The second kappa shape index (κ2) is 6.68. The molecular weight excluding hydrogens is 137 g/mol. The molecule has 1 atom stereocenters. The second-order valence-electron chi connectivity index (χ2n) is 3.46. The lowest BCUT2D eigenvalue weighted by Crippen LogP contribution is -2.33. The van der Waals surface area contributed by atoms with Crippen LogP contribution >= 0.6 is 0 Å². The first-order valence-corrected chi connectivity index (χ1v) is 4.58. The predicted molar refractivity (Wildman–Crippen MR) is 50.9 cm³/mol. The van der Waals surface area contributed by atoms with Crippen molar-refractivity contribution in [3.63, 3.8) is 0 Å². The number of unbranched alkanes of at least 4 members (excludes halogenated alkanes) is 1. The average Bonchev–Trinajstić information content (AvgIpc) is 1.97. The average molecular weight is 157 g/mol. The van der Waals surface area contributed by atoms with Crippen molar-refractivity contribution in [1.82, 2.24) is 5.23 Å². The zero-order chi connectivity index (χ0) is 8.69. The maximum atomic E-state index is 9.32. The molecule has 0 amide bonds. The molecule has 0 aromatic carbocycles. The van der Waals surface area contributed by atoms with Crippen molar-refractivity contribution in [2.45, 2.75) is 52.1 Å². The van der Waals surface area contributed by atoms with Crippen molar-refractivity contribution in [1.29, 1.82) is 0 Å². The van der Waals surface area contributed by atoms with E-state index in [1.807, 2.05) is 0 Å². The maximum Gasteiger partial charge on any atom is 0.206 e. The molecule has 2 N–H and O–H groups in total. The van der Waals surface area contributed by atoms with Crippen molar-refractivity contribution < 1.29 is 5.11 Å². The monoisotopic (exact) mass is 157 g/mol. The van der Waals surface area contributed by atoms with Gasteiger partial charge in [-0.25, -0.2) is 0 Å². The molecule has 0 spiro atoms. The van der Waals surface area contributed by atoms with E-state index in [-0.39, 0.29) is 6.23 Å². The third-order valence-corrected chi connectivity index (χ3v) is 1.59. The van der Waals surface area contributed by atoms with Gasteiger partial charge in [0.15, 0.2) is 0 Å². The highest BCUT2D eigenvalue weighted by molar-refractivity contribution is 6.34. The molecule has 0 aromatic rings. The van der Waals surface area contributed by atoms with Crippen molar-refractivity contribution in [3.8, 4) is 0 Å². The summed E-state index contributed by atoms with van der Waals surface area (Å²) in [6, 6.07) is 0. The number of hydrogen-bond acceptors (Lipinski definition) is 2. The summed E-state index contributed by atoms with van der Waals surface area (Å²) in [5, 5.41) is 12.4. The molecule has 0 rings (SSSR count). The van der Waals surface area contributed by atoms with E-state index in [1.54, 1.807) is 0 Å². The van der Waals surface area contributed by atoms with Gasteiger partial charge < -0.3 is 10.3 Å². The molecule has 0 radical (unpaired) electrons. The molecule has 11 heavy (non-hydrogen) atoms. The van der Waals surface area contributed by atoms with Crippen molar-refractivity contribution >= 4 is 7.41 Å². The Kier molecular flexibility index (Phi) is 6.67. The predicted octanol–water partition coefficient (Wildman–Crippen LogP) is 1.26. The van der Waals surface area contributed by atoms with E-state index in [1.165, 1.54) is 0 Å². The van der Waals surface area contributed by atoms with E-state index in [2.05, 4.69) is 26.0 Å². The molecular formula is C8H20BNO. The van der Waals surface area contributed by atoms with Crippen LogP contribution in [-0.4, -0.2) is 18.7 Å². The van der Waals surface area contributed by atoms with Crippen LogP contribution in [0, 0.1) is 0 Å². The Morgan fingerprint density at radius 3 is 2.55 bits per heavy atom. The highest BCUT2D eigenvalue weighted by Crippen LogP contribution is 1.99. The van der Waals surface area contributed by atoms with Crippen LogP contribution in [0.5, 0.6) is 0 Å². The van der Waals surface area contributed by atoms with Gasteiger partial charge in [0.05, 0.1) is 6.23 Å². The topological polar surface area (TPSA) is 32.3 Å². The van der Waals surface area contributed by atoms with Crippen molar-refractivity contribution in [3.05, 3.63) is 0 Å². The van der Waals surface area contributed by atoms with Crippen LogP contribution in [-0.2, 0) is 0 Å². The summed E-state index contributed by atoms with van der Waals surface area (Å²) >= 11 is 0. The van der Waals surface area contributed by atoms with E-state index in [9.17, 15) is 5.11 Å². The number of aliphatic hydroxyl groups excluding tert-OH is 1. The van der Waals surface area contributed by atoms with Gasteiger partial charge in [-0.1, -0.05) is 33.0 Å². The van der Waals surface area contributed by atoms with E-state index in [0.29, 0.717) is 5.82 Å². The van der Waals surface area contributed by atoms with Gasteiger partial charge in [0.2, 0.25) is 7.41 Å². The first-order chi connectivity index (χ1) is 5.16. The fourth-order valence-electron chi connectivity index (χ4n) is 0.871. The van der Waals surface area contributed by atoms with E-state index in [0.717, 1.165) is 26.7 Å². The van der Waals surface area contributed by atoms with Crippen LogP contribution in [0.3, 0.4) is 0 Å². The lowest BCUT2D eigenvalue weighted by Gasteiger charge is -2.12. The van der Waals surface area contributed by atoms with Crippen LogP contribution in [0.4, 0.5) is 0 Å². The van der Waals surface area contributed by atoms with E-state index >= 15 is 0 Å². The summed E-state index contributed by atoms with van der Waals surface area (Å²) in [6.07, 6.45) is 2.84. The van der Waals surface area contributed by atoms with Gasteiger partial charge in [-0.05, 0) is 12.8 Å². The van der Waals surface area contributed by atoms with Crippen LogP contribution in [0.2, 0.25) is 5.82 Å². The number of hydrogen-bond donors (Lipinski definition) is 2. The summed E-state index contributed by atoms with van der Waals surface area (Å²) in [7, 11) is 0.908. The molecule has 0 fully saturated rings. The van der Waals surface area contributed by atoms with Gasteiger partial charge in [0, 0.05) is 0 Å². The summed E-state index contributed by atoms with van der Waals surface area (Å²) < 4.78 is 0. The summed E-state index contributed by atoms with van der Waals surface area (Å²) in [4.78, 5) is 0. The molecule has 3 heteroatoms. The molecule has 0 heterocycles. The van der Waals surface area contributed by atoms with Crippen LogP contribution < -0.4 is 5.23 Å². The molecule has 66 valence electrons. The van der Waals surface area contributed by atoms with Gasteiger partial charge in [-0.2, -0.15) is 0 Å². The molecule has 0 aliphatic carbocycles. The number of aliphatic hydroxyl groups is 1. The second-order valence-corrected chi connectivity index (χ2v) is 3.46. The molecule has 0 aromatic heterocycles. The third kappa shape index (κ3) is 7.89. The first kappa shape index (κ1) is 11.0. The third-order valence-electron chi connectivity index (χ3n) is 1.59. The molecule has 0 bridgehead atoms. The lowest BCUT2D eigenvalue weighted by molar-refractivity contribution is 0.150. The van der Waals surface area contributed by atoms with E-state index in [4.69, 9.17) is 0 Å². The minimum Gasteiger partial charge on any atom is -0.380 e. The van der Waals surface area contributed by atoms with Gasteiger partial charge in [0.1, 0.15) is 0 Å². The molecule has 0 aliphatic rings. The Bertz CT molecular complexity index is 88.2. The zero-order valence-corrected chi connectivity index (χ0v) is 7.93. The highest BCUT2D eigenvalue weighted by atomic mass is 16.3. The molecule has 0 aliphatic heterocycles. The Hall–Kier alpha value is -0.0151. The quantitative estimate of drug-likeness (QED) is 0.449. The minimum atomic E-state index is -0.294. The maximum absolute atomic E-state index is 9.32. The largest absolute Gasteiger partial charge is 0.380 e. The van der Waals surface area contributed by atoms with Crippen LogP contribution in [0.25, 0.3) is 0 Å². The first-order valence-electron chi connectivity index (χ1n) is 4.58. The van der Waals surface area contributed by atoms with Gasteiger partial charge >= 0.3 is 0 Å². The molecule has 0 saturated heterocycles. The van der Waals surface area contributed by atoms with Crippen LogP contribution in [0.15, 0.2) is 0 Å². The van der Waals surface area contributed by atoms with Crippen molar-refractivity contribution in [2.24, 2.45) is 0 Å². The highest BCUT2D eigenvalue weighted by Gasteiger charge is 2.03. The summed E-state index contributed by atoms with van der Waals surface area (Å²) in [6.45, 7) is 6.41. The van der Waals surface area contributed by atoms with Crippen molar-refractivity contribution in [2.75, 3.05) is 0 Å². The SMILES string of the molecule is CCCCC(O)NBC(C)C. The molecule has 1 unspecified atom stereocenters. The minimum absolute atomic E-state index is 0.294. The standard InChI is InChI=1S/C8H20BNO/c1-4-5-6-8(11)10-9-7(2)3/h7-11H,4-6H2,1-3H3. The summed E-state index contributed by atoms with van der Waals surface area (Å²) in [5.41, 5.74) is 0. The summed E-state index contributed by atoms with van der Waals surface area (Å²) in [5.74, 6) is 0.617. The van der Waals surface area contributed by atoms with Crippen LogP contribution in [0.1, 0.15) is 40.0 Å². The number of nitrogens with one attached hydrogen (secondary N) is 1.